The highest BCUT2D eigenvalue weighted by Gasteiger charge is 2.07. The molecule has 0 fully saturated rings. The van der Waals surface area contributed by atoms with Gasteiger partial charge < -0.3 is 0 Å². The largest absolute Gasteiger partial charge is 0.264 e. The van der Waals surface area contributed by atoms with Crippen molar-refractivity contribution in [1.82, 2.24) is 9.71 Å². The normalized spacial score (nSPS) is 11.6. The molecule has 0 unspecified atom stereocenters. The van der Waals surface area contributed by atoms with Crippen LogP contribution < -0.4 is 4.72 Å². The van der Waals surface area contributed by atoms with E-state index in [1.165, 1.54) is 0 Å². The fourth-order valence-corrected chi connectivity index (χ4v) is 2.72. The van der Waals surface area contributed by atoms with Gasteiger partial charge in [0.25, 0.3) is 0 Å². The van der Waals surface area contributed by atoms with Crippen molar-refractivity contribution in [3.63, 3.8) is 0 Å². The molecule has 2 aromatic rings. The van der Waals surface area contributed by atoms with Gasteiger partial charge in [-0.1, -0.05) is 0 Å². The summed E-state index contributed by atoms with van der Waals surface area (Å²) >= 11 is 1.62. The van der Waals surface area contributed by atoms with Crippen LogP contribution in [0, 0.1) is 0 Å². The first kappa shape index (κ1) is 13.2. The maximum Gasteiger partial charge on any atom is 0.211 e. The van der Waals surface area contributed by atoms with Gasteiger partial charge in [-0.25, -0.2) is 13.1 Å². The SMILES string of the molecule is CCS(=O)(=O)NCc1cncc(-c2ccsc2)c1. The first-order chi connectivity index (χ1) is 8.61. The molecule has 0 aromatic carbocycles. The summed E-state index contributed by atoms with van der Waals surface area (Å²) in [6.07, 6.45) is 3.45. The number of hydrogen-bond donors (Lipinski definition) is 1. The van der Waals surface area contributed by atoms with Gasteiger partial charge in [0.15, 0.2) is 0 Å². The van der Waals surface area contributed by atoms with E-state index in [2.05, 4.69) is 9.71 Å². The summed E-state index contributed by atoms with van der Waals surface area (Å²) in [5.74, 6) is 0.0879. The van der Waals surface area contributed by atoms with E-state index in [0.717, 1.165) is 16.7 Å². The molecule has 0 saturated carbocycles. The fraction of sp³-hybridized carbons (Fsp3) is 0.250. The van der Waals surface area contributed by atoms with Crippen LogP contribution in [-0.4, -0.2) is 19.2 Å². The lowest BCUT2D eigenvalue weighted by Crippen LogP contribution is -2.24. The second-order valence-electron chi connectivity index (χ2n) is 3.82. The Morgan fingerprint density at radius 3 is 2.83 bits per heavy atom. The zero-order chi connectivity index (χ0) is 13.0. The molecule has 0 radical (unpaired) electrons. The van der Waals surface area contributed by atoms with Crippen LogP contribution in [0.2, 0.25) is 0 Å². The molecule has 0 saturated heterocycles. The topological polar surface area (TPSA) is 59.1 Å². The molecule has 18 heavy (non-hydrogen) atoms. The molecule has 0 bridgehead atoms. The Hall–Kier alpha value is -1.24. The van der Waals surface area contributed by atoms with Crippen molar-refractivity contribution in [2.24, 2.45) is 0 Å². The highest BCUT2D eigenvalue weighted by molar-refractivity contribution is 7.89. The smallest absolute Gasteiger partial charge is 0.211 e. The van der Waals surface area contributed by atoms with Gasteiger partial charge in [0.1, 0.15) is 0 Å². The summed E-state index contributed by atoms with van der Waals surface area (Å²) < 4.78 is 25.2. The van der Waals surface area contributed by atoms with E-state index >= 15 is 0 Å². The zero-order valence-electron chi connectivity index (χ0n) is 9.96. The van der Waals surface area contributed by atoms with Gasteiger partial charge in [0, 0.05) is 24.5 Å². The van der Waals surface area contributed by atoms with E-state index in [1.54, 1.807) is 30.7 Å². The predicted molar refractivity (Wildman–Crippen MR) is 73.9 cm³/mol. The van der Waals surface area contributed by atoms with Crippen LogP contribution in [0.3, 0.4) is 0 Å². The van der Waals surface area contributed by atoms with Gasteiger partial charge in [-0.3, -0.25) is 4.98 Å². The van der Waals surface area contributed by atoms with E-state index in [1.807, 2.05) is 22.9 Å². The van der Waals surface area contributed by atoms with Crippen molar-refractivity contribution in [3.8, 4) is 11.1 Å². The van der Waals surface area contributed by atoms with Crippen LogP contribution in [0.25, 0.3) is 11.1 Å². The van der Waals surface area contributed by atoms with Crippen molar-refractivity contribution in [2.75, 3.05) is 5.75 Å². The van der Waals surface area contributed by atoms with Gasteiger partial charge in [-0.05, 0) is 40.9 Å². The molecule has 96 valence electrons. The molecular formula is C12H14N2O2S2. The third-order valence-electron chi connectivity index (χ3n) is 2.53. The van der Waals surface area contributed by atoms with Crippen molar-refractivity contribution in [2.45, 2.75) is 13.5 Å². The van der Waals surface area contributed by atoms with Crippen LogP contribution in [-0.2, 0) is 16.6 Å². The second kappa shape index (κ2) is 5.60. The Balaban J connectivity index is 2.14. The van der Waals surface area contributed by atoms with Gasteiger partial charge in [0.2, 0.25) is 10.0 Å². The molecule has 2 rings (SSSR count). The summed E-state index contributed by atoms with van der Waals surface area (Å²) in [6.45, 7) is 1.89. The monoisotopic (exact) mass is 282 g/mol. The van der Waals surface area contributed by atoms with Crippen LogP contribution in [0.1, 0.15) is 12.5 Å². The lowest BCUT2D eigenvalue weighted by atomic mass is 10.1. The van der Waals surface area contributed by atoms with Crippen molar-refractivity contribution < 1.29 is 8.42 Å². The minimum Gasteiger partial charge on any atom is -0.264 e. The van der Waals surface area contributed by atoms with E-state index < -0.39 is 10.0 Å². The average Bonchev–Trinajstić information content (AvgIpc) is 2.91. The highest BCUT2D eigenvalue weighted by Crippen LogP contribution is 2.21. The average molecular weight is 282 g/mol. The molecule has 0 amide bonds. The number of pyridine rings is 1. The molecule has 2 aromatic heterocycles. The van der Waals surface area contributed by atoms with E-state index in [9.17, 15) is 8.42 Å². The van der Waals surface area contributed by atoms with Gasteiger partial charge >= 0.3 is 0 Å². The van der Waals surface area contributed by atoms with E-state index in [0.29, 0.717) is 0 Å². The summed E-state index contributed by atoms with van der Waals surface area (Å²) in [5.41, 5.74) is 2.97. The van der Waals surface area contributed by atoms with E-state index in [-0.39, 0.29) is 12.3 Å². The van der Waals surface area contributed by atoms with Gasteiger partial charge in [-0.15, -0.1) is 0 Å². The van der Waals surface area contributed by atoms with Crippen molar-refractivity contribution in [3.05, 3.63) is 40.8 Å². The number of nitrogens with one attached hydrogen (secondary N) is 1. The quantitative estimate of drug-likeness (QED) is 0.915. The van der Waals surface area contributed by atoms with E-state index in [4.69, 9.17) is 0 Å². The number of hydrogen-bond acceptors (Lipinski definition) is 4. The molecule has 0 aliphatic rings. The number of rotatable bonds is 5. The van der Waals surface area contributed by atoms with Crippen LogP contribution in [0.15, 0.2) is 35.3 Å². The molecule has 0 aliphatic carbocycles. The van der Waals surface area contributed by atoms with Crippen LogP contribution in [0.5, 0.6) is 0 Å². The maximum absolute atomic E-state index is 11.4. The van der Waals surface area contributed by atoms with Gasteiger partial charge in [-0.2, -0.15) is 11.3 Å². The Morgan fingerprint density at radius 2 is 2.17 bits per heavy atom. The Bertz CT molecular complexity index is 607. The van der Waals surface area contributed by atoms with Crippen molar-refractivity contribution in [1.29, 1.82) is 0 Å². The molecule has 6 heteroatoms. The molecule has 0 aliphatic heterocycles. The van der Waals surface area contributed by atoms with Crippen LogP contribution >= 0.6 is 11.3 Å². The summed E-state index contributed by atoms with van der Waals surface area (Å²) in [5, 5.41) is 4.04. The summed E-state index contributed by atoms with van der Waals surface area (Å²) in [6, 6.07) is 3.97. The second-order valence-corrected chi connectivity index (χ2v) is 6.69. The zero-order valence-corrected chi connectivity index (χ0v) is 11.6. The lowest BCUT2D eigenvalue weighted by molar-refractivity contribution is 0.582. The molecule has 1 N–H and O–H groups in total. The van der Waals surface area contributed by atoms with Gasteiger partial charge in [0.05, 0.1) is 5.75 Å². The number of sulfonamides is 1. The number of aromatic nitrogens is 1. The highest BCUT2D eigenvalue weighted by atomic mass is 32.2. The third-order valence-corrected chi connectivity index (χ3v) is 4.55. The third kappa shape index (κ3) is 3.38. The fourth-order valence-electron chi connectivity index (χ4n) is 1.47. The standard InChI is InChI=1S/C12H14N2O2S2/c1-2-18(15,16)14-7-10-5-12(8-13-6-10)11-3-4-17-9-11/h3-6,8-9,14H,2,7H2,1H3. The summed E-state index contributed by atoms with van der Waals surface area (Å²) in [7, 11) is -3.16. The molecular weight excluding hydrogens is 268 g/mol. The lowest BCUT2D eigenvalue weighted by Gasteiger charge is -2.05. The Morgan fingerprint density at radius 1 is 1.33 bits per heavy atom. The first-order valence-electron chi connectivity index (χ1n) is 5.54. The van der Waals surface area contributed by atoms with Crippen molar-refractivity contribution >= 4 is 21.4 Å². The van der Waals surface area contributed by atoms with Crippen LogP contribution in [0.4, 0.5) is 0 Å². The molecule has 2 heterocycles. The summed E-state index contributed by atoms with van der Waals surface area (Å²) in [4.78, 5) is 4.14. The Kier molecular flexibility index (Phi) is 4.11. The molecule has 0 atom stereocenters. The number of nitrogens with zero attached hydrogens (tertiary/aromatic N) is 1. The Labute approximate surface area is 111 Å². The maximum atomic E-state index is 11.4. The predicted octanol–water partition coefficient (Wildman–Crippen LogP) is 2.25. The number of thiophene rings is 1. The minimum atomic E-state index is -3.16. The first-order valence-corrected chi connectivity index (χ1v) is 8.14. The minimum absolute atomic E-state index is 0.0879. The molecule has 0 spiro atoms. The molecule has 4 nitrogen and oxygen atoms in total.